The van der Waals surface area contributed by atoms with E-state index in [9.17, 15) is 4.79 Å². The van der Waals surface area contributed by atoms with E-state index in [-0.39, 0.29) is 5.78 Å². The molecule has 3 nitrogen and oxygen atoms in total. The van der Waals surface area contributed by atoms with Crippen LogP contribution in [0.25, 0.3) is 0 Å². The van der Waals surface area contributed by atoms with E-state index < -0.39 is 6.04 Å². The van der Waals surface area contributed by atoms with Crippen LogP contribution >= 0.6 is 0 Å². The summed E-state index contributed by atoms with van der Waals surface area (Å²) in [6.07, 6.45) is 0. The molecule has 1 heterocycles. The topological polar surface area (TPSA) is 56.2 Å². The van der Waals surface area contributed by atoms with Crippen molar-refractivity contribution in [2.24, 2.45) is 5.73 Å². The maximum Gasteiger partial charge on any atom is 0.154 e. The van der Waals surface area contributed by atoms with E-state index in [1.54, 1.807) is 6.07 Å². The van der Waals surface area contributed by atoms with Crippen molar-refractivity contribution in [2.45, 2.75) is 26.8 Å². The van der Waals surface area contributed by atoms with Crippen LogP contribution in [-0.4, -0.2) is 5.78 Å². The lowest BCUT2D eigenvalue weighted by molar-refractivity contribution is -0.118. The van der Waals surface area contributed by atoms with Crippen molar-refractivity contribution in [1.29, 1.82) is 0 Å². The highest BCUT2D eigenvalue weighted by Crippen LogP contribution is 2.18. The molecule has 0 saturated carbocycles. The molecule has 0 bridgehead atoms. The van der Waals surface area contributed by atoms with E-state index in [2.05, 4.69) is 0 Å². The molecule has 0 aliphatic rings. The molecule has 0 amide bonds. The van der Waals surface area contributed by atoms with Crippen LogP contribution in [0.15, 0.2) is 10.5 Å². The number of hydrogen-bond donors (Lipinski definition) is 1. The molecule has 1 aromatic rings. The Bertz CT molecular complexity index is 282. The Morgan fingerprint density at radius 1 is 1.58 bits per heavy atom. The normalized spacial score (nSPS) is 13.0. The highest BCUT2D eigenvalue weighted by Gasteiger charge is 2.15. The summed E-state index contributed by atoms with van der Waals surface area (Å²) in [4.78, 5) is 10.9. The van der Waals surface area contributed by atoms with E-state index in [0.717, 1.165) is 11.3 Å². The Labute approximate surface area is 71.6 Å². The van der Waals surface area contributed by atoms with Crippen LogP contribution in [0.4, 0.5) is 0 Å². The number of rotatable bonds is 2. The number of carbonyl (C=O) groups is 1. The molecule has 0 aliphatic heterocycles. The lowest BCUT2D eigenvalue weighted by Gasteiger charge is -2.01. The van der Waals surface area contributed by atoms with Gasteiger partial charge in [0.25, 0.3) is 0 Å². The lowest BCUT2D eigenvalue weighted by atomic mass is 10.1. The molecular formula is C9H13NO2. The monoisotopic (exact) mass is 167 g/mol. The summed E-state index contributed by atoms with van der Waals surface area (Å²) in [5.41, 5.74) is 6.61. The van der Waals surface area contributed by atoms with E-state index in [0.29, 0.717) is 5.76 Å². The molecule has 0 fully saturated rings. The molecule has 0 spiro atoms. The van der Waals surface area contributed by atoms with Gasteiger partial charge in [-0.2, -0.15) is 0 Å². The van der Waals surface area contributed by atoms with Crippen LogP contribution in [0.5, 0.6) is 0 Å². The fourth-order valence-corrected chi connectivity index (χ4v) is 0.955. The standard InChI is InChI=1S/C9H13NO2/c1-5-4-8(12-7(5)3)9(10)6(2)11/h4,9H,10H2,1-3H3. The summed E-state index contributed by atoms with van der Waals surface area (Å²) < 4.78 is 5.29. The van der Waals surface area contributed by atoms with Crippen molar-refractivity contribution < 1.29 is 9.21 Å². The first-order chi connectivity index (χ1) is 5.52. The Morgan fingerprint density at radius 2 is 2.17 bits per heavy atom. The molecule has 12 heavy (non-hydrogen) atoms. The van der Waals surface area contributed by atoms with Crippen molar-refractivity contribution in [3.63, 3.8) is 0 Å². The third-order valence-electron chi connectivity index (χ3n) is 1.93. The van der Waals surface area contributed by atoms with Gasteiger partial charge in [0.15, 0.2) is 5.78 Å². The molecule has 1 atom stereocenters. The van der Waals surface area contributed by atoms with Crippen LogP contribution in [0, 0.1) is 13.8 Å². The van der Waals surface area contributed by atoms with E-state index in [4.69, 9.17) is 10.2 Å². The van der Waals surface area contributed by atoms with Crippen molar-refractivity contribution >= 4 is 5.78 Å². The number of ketones is 1. The van der Waals surface area contributed by atoms with E-state index >= 15 is 0 Å². The second kappa shape index (κ2) is 3.11. The van der Waals surface area contributed by atoms with Gasteiger partial charge >= 0.3 is 0 Å². The van der Waals surface area contributed by atoms with Crippen molar-refractivity contribution in [3.8, 4) is 0 Å². The number of aryl methyl sites for hydroxylation is 2. The summed E-state index contributed by atoms with van der Waals surface area (Å²) in [5, 5.41) is 0. The van der Waals surface area contributed by atoms with Gasteiger partial charge in [-0.05, 0) is 32.4 Å². The van der Waals surface area contributed by atoms with Gasteiger partial charge in [0, 0.05) is 0 Å². The number of nitrogens with two attached hydrogens (primary N) is 1. The average Bonchev–Trinajstić information content (AvgIpc) is 2.30. The van der Waals surface area contributed by atoms with Crippen LogP contribution in [0.3, 0.4) is 0 Å². The minimum absolute atomic E-state index is 0.0799. The number of hydrogen-bond acceptors (Lipinski definition) is 3. The largest absolute Gasteiger partial charge is 0.464 e. The van der Waals surface area contributed by atoms with Crippen molar-refractivity contribution in [1.82, 2.24) is 0 Å². The second-order valence-corrected chi connectivity index (χ2v) is 2.98. The van der Waals surface area contributed by atoms with Crippen LogP contribution < -0.4 is 5.73 Å². The predicted molar refractivity (Wildman–Crippen MR) is 45.8 cm³/mol. The average molecular weight is 167 g/mol. The minimum atomic E-state index is -0.614. The first-order valence-electron chi connectivity index (χ1n) is 3.85. The van der Waals surface area contributed by atoms with Gasteiger partial charge in [0.05, 0.1) is 0 Å². The second-order valence-electron chi connectivity index (χ2n) is 2.98. The van der Waals surface area contributed by atoms with E-state index in [1.807, 2.05) is 13.8 Å². The Morgan fingerprint density at radius 3 is 2.50 bits per heavy atom. The first kappa shape index (κ1) is 9.00. The van der Waals surface area contributed by atoms with Gasteiger partial charge in [0.2, 0.25) is 0 Å². The molecule has 1 rings (SSSR count). The number of furan rings is 1. The number of carbonyl (C=O) groups excluding carboxylic acids is 1. The van der Waals surface area contributed by atoms with Gasteiger partial charge in [-0.15, -0.1) is 0 Å². The summed E-state index contributed by atoms with van der Waals surface area (Å²) in [6.45, 7) is 5.23. The Balaban J connectivity index is 2.96. The zero-order valence-corrected chi connectivity index (χ0v) is 7.55. The van der Waals surface area contributed by atoms with Crippen molar-refractivity contribution in [3.05, 3.63) is 23.2 Å². The van der Waals surface area contributed by atoms with Gasteiger partial charge in [0.1, 0.15) is 17.6 Å². The summed E-state index contributed by atoms with van der Waals surface area (Å²) >= 11 is 0. The molecule has 1 unspecified atom stereocenters. The summed E-state index contributed by atoms with van der Waals surface area (Å²) in [6, 6.07) is 1.19. The summed E-state index contributed by atoms with van der Waals surface area (Å²) in [7, 11) is 0. The fraction of sp³-hybridized carbons (Fsp3) is 0.444. The molecule has 0 aromatic carbocycles. The first-order valence-corrected chi connectivity index (χ1v) is 3.85. The van der Waals surface area contributed by atoms with Crippen molar-refractivity contribution in [2.75, 3.05) is 0 Å². The molecule has 66 valence electrons. The zero-order valence-electron chi connectivity index (χ0n) is 7.55. The van der Waals surface area contributed by atoms with E-state index in [1.165, 1.54) is 6.92 Å². The van der Waals surface area contributed by atoms with Gasteiger partial charge < -0.3 is 10.2 Å². The molecule has 3 heteroatoms. The molecule has 1 aromatic heterocycles. The van der Waals surface area contributed by atoms with Gasteiger partial charge in [-0.25, -0.2) is 0 Å². The minimum Gasteiger partial charge on any atom is -0.464 e. The van der Waals surface area contributed by atoms with Gasteiger partial charge in [-0.3, -0.25) is 4.79 Å². The lowest BCUT2D eigenvalue weighted by Crippen LogP contribution is -2.17. The smallest absolute Gasteiger partial charge is 0.154 e. The highest BCUT2D eigenvalue weighted by atomic mass is 16.3. The highest BCUT2D eigenvalue weighted by molar-refractivity contribution is 5.81. The SMILES string of the molecule is CC(=O)C(N)c1cc(C)c(C)o1. The Hall–Kier alpha value is -1.09. The molecule has 0 radical (unpaired) electrons. The van der Waals surface area contributed by atoms with Crippen LogP contribution in [-0.2, 0) is 4.79 Å². The molecular weight excluding hydrogens is 154 g/mol. The van der Waals surface area contributed by atoms with Crippen LogP contribution in [0.1, 0.15) is 30.0 Å². The Kier molecular flexibility index (Phi) is 2.33. The third-order valence-corrected chi connectivity index (χ3v) is 1.93. The molecule has 0 saturated heterocycles. The predicted octanol–water partition coefficient (Wildman–Crippen LogP) is 1.49. The maximum atomic E-state index is 10.9. The van der Waals surface area contributed by atoms with Gasteiger partial charge in [-0.1, -0.05) is 0 Å². The fourth-order valence-electron chi connectivity index (χ4n) is 0.955. The third kappa shape index (κ3) is 1.56. The number of Topliss-reactive ketones (excluding diaryl/α,β-unsaturated/α-hetero) is 1. The molecule has 2 N–H and O–H groups in total. The zero-order chi connectivity index (χ0) is 9.30. The quantitative estimate of drug-likeness (QED) is 0.725. The van der Waals surface area contributed by atoms with Crippen LogP contribution in [0.2, 0.25) is 0 Å². The molecule has 0 aliphatic carbocycles. The maximum absolute atomic E-state index is 10.9. The summed E-state index contributed by atoms with van der Waals surface area (Å²) in [5.74, 6) is 1.29.